The first-order valence-corrected chi connectivity index (χ1v) is 9.73. The lowest BCUT2D eigenvalue weighted by Gasteiger charge is -2.24. The van der Waals surface area contributed by atoms with Crippen molar-refractivity contribution in [1.82, 2.24) is 15.0 Å². The summed E-state index contributed by atoms with van der Waals surface area (Å²) in [5, 5.41) is 4.01. The predicted octanol–water partition coefficient (Wildman–Crippen LogP) is 3.29. The number of amides is 1. The minimum absolute atomic E-state index is 0.127. The van der Waals surface area contributed by atoms with Crippen LogP contribution < -0.4 is 0 Å². The van der Waals surface area contributed by atoms with Crippen LogP contribution in [0.2, 0.25) is 0 Å². The summed E-state index contributed by atoms with van der Waals surface area (Å²) >= 11 is 1.88. The molecule has 134 valence electrons. The van der Waals surface area contributed by atoms with E-state index in [9.17, 15) is 4.79 Å². The van der Waals surface area contributed by atoms with E-state index in [1.807, 2.05) is 30.1 Å². The van der Waals surface area contributed by atoms with Gasteiger partial charge in [0, 0.05) is 46.8 Å². The van der Waals surface area contributed by atoms with Crippen LogP contribution >= 0.6 is 11.3 Å². The lowest BCUT2D eigenvalue weighted by Crippen LogP contribution is -2.31. The summed E-state index contributed by atoms with van der Waals surface area (Å²) in [7, 11) is 0. The number of likely N-dealkylation sites (tertiary alicyclic amines) is 2. The third-order valence-electron chi connectivity index (χ3n) is 5.63. The molecule has 2 aliphatic rings. The van der Waals surface area contributed by atoms with E-state index in [1.165, 1.54) is 9.75 Å². The van der Waals surface area contributed by atoms with Crippen molar-refractivity contribution in [3.8, 4) is 0 Å². The van der Waals surface area contributed by atoms with E-state index in [1.54, 1.807) is 0 Å². The van der Waals surface area contributed by atoms with Gasteiger partial charge in [-0.15, -0.1) is 11.3 Å². The first-order chi connectivity index (χ1) is 11.9. The molecule has 4 heterocycles. The van der Waals surface area contributed by atoms with E-state index in [0.717, 1.165) is 49.6 Å². The number of hydrogen-bond donors (Lipinski definition) is 0. The zero-order valence-electron chi connectivity index (χ0n) is 15.2. The number of hydrogen-bond acceptors (Lipinski definition) is 5. The van der Waals surface area contributed by atoms with Gasteiger partial charge < -0.3 is 9.42 Å². The van der Waals surface area contributed by atoms with Crippen LogP contribution in [-0.2, 0) is 17.9 Å². The van der Waals surface area contributed by atoms with Crippen molar-refractivity contribution in [1.29, 1.82) is 0 Å². The summed E-state index contributed by atoms with van der Waals surface area (Å²) in [6, 6.07) is 4.42. The zero-order valence-corrected chi connectivity index (χ0v) is 16.0. The molecule has 1 atom stereocenters. The number of rotatable bonds is 4. The Labute approximate surface area is 152 Å². The number of thiophene rings is 1. The van der Waals surface area contributed by atoms with Gasteiger partial charge in [0.1, 0.15) is 5.76 Å². The van der Waals surface area contributed by atoms with E-state index in [-0.39, 0.29) is 11.3 Å². The van der Waals surface area contributed by atoms with E-state index >= 15 is 0 Å². The molecule has 25 heavy (non-hydrogen) atoms. The highest BCUT2D eigenvalue weighted by Crippen LogP contribution is 2.41. The SMILES string of the molecule is Cc1ccc(CN2CC[C@]3(CC(=O)N(Cc4c(C)noc4C)C3)C2)s1. The number of aromatic nitrogens is 1. The molecule has 2 saturated heterocycles. The molecule has 2 fully saturated rings. The minimum Gasteiger partial charge on any atom is -0.361 e. The summed E-state index contributed by atoms with van der Waals surface area (Å²) in [5.41, 5.74) is 2.09. The van der Waals surface area contributed by atoms with Crippen LogP contribution in [0.1, 0.15) is 39.6 Å². The average Bonchev–Trinajstić information content (AvgIpc) is 3.29. The fourth-order valence-corrected chi connectivity index (χ4v) is 5.20. The Hall–Kier alpha value is -1.66. The molecule has 0 radical (unpaired) electrons. The normalized spacial score (nSPS) is 24.1. The van der Waals surface area contributed by atoms with Crippen molar-refractivity contribution in [2.75, 3.05) is 19.6 Å². The van der Waals surface area contributed by atoms with Gasteiger partial charge >= 0.3 is 0 Å². The van der Waals surface area contributed by atoms with Crippen molar-refractivity contribution in [2.45, 2.75) is 46.7 Å². The highest BCUT2D eigenvalue weighted by atomic mass is 32.1. The van der Waals surface area contributed by atoms with Crippen molar-refractivity contribution in [3.63, 3.8) is 0 Å². The van der Waals surface area contributed by atoms with Crippen LogP contribution in [0.15, 0.2) is 16.7 Å². The van der Waals surface area contributed by atoms with Crippen LogP contribution in [0.5, 0.6) is 0 Å². The number of aryl methyl sites for hydroxylation is 3. The molecule has 2 aromatic rings. The van der Waals surface area contributed by atoms with Crippen molar-refractivity contribution in [2.24, 2.45) is 5.41 Å². The van der Waals surface area contributed by atoms with E-state index in [0.29, 0.717) is 13.0 Å². The Morgan fingerprint density at radius 2 is 2.08 bits per heavy atom. The predicted molar refractivity (Wildman–Crippen MR) is 97.4 cm³/mol. The molecular formula is C19H25N3O2S. The van der Waals surface area contributed by atoms with Gasteiger partial charge in [-0.3, -0.25) is 9.69 Å². The molecule has 1 spiro atoms. The molecule has 2 aliphatic heterocycles. The molecule has 4 rings (SSSR count). The maximum Gasteiger partial charge on any atom is 0.223 e. The highest BCUT2D eigenvalue weighted by Gasteiger charge is 2.47. The molecule has 1 amide bonds. The summed E-state index contributed by atoms with van der Waals surface area (Å²) < 4.78 is 5.25. The fourth-order valence-electron chi connectivity index (χ4n) is 4.27. The van der Waals surface area contributed by atoms with Gasteiger partial charge in [-0.05, 0) is 45.9 Å². The second kappa shape index (κ2) is 6.25. The summed E-state index contributed by atoms with van der Waals surface area (Å²) in [4.78, 5) is 19.9. The summed E-state index contributed by atoms with van der Waals surface area (Å²) in [6.45, 7) is 10.6. The van der Waals surface area contributed by atoms with Crippen molar-refractivity contribution < 1.29 is 9.32 Å². The first kappa shape index (κ1) is 16.8. The monoisotopic (exact) mass is 359 g/mol. The molecule has 0 unspecified atom stereocenters. The third kappa shape index (κ3) is 3.25. The van der Waals surface area contributed by atoms with Gasteiger partial charge in [-0.1, -0.05) is 5.16 Å². The van der Waals surface area contributed by atoms with Crippen LogP contribution in [0.3, 0.4) is 0 Å². The smallest absolute Gasteiger partial charge is 0.223 e. The van der Waals surface area contributed by atoms with Crippen molar-refractivity contribution >= 4 is 17.2 Å². The standard InChI is InChI=1S/C19H25N3O2S/c1-13-4-5-16(25-13)9-21-7-6-19(11-21)8-18(23)22(12-19)10-17-14(2)20-24-15(17)3/h4-5H,6-12H2,1-3H3/t19-/m0/s1. The number of nitrogens with zero attached hydrogens (tertiary/aromatic N) is 3. The highest BCUT2D eigenvalue weighted by molar-refractivity contribution is 7.11. The van der Waals surface area contributed by atoms with Gasteiger partial charge in [-0.2, -0.15) is 0 Å². The van der Waals surface area contributed by atoms with Crippen LogP contribution in [0.25, 0.3) is 0 Å². The Kier molecular flexibility index (Phi) is 4.20. The van der Waals surface area contributed by atoms with E-state index in [2.05, 4.69) is 29.1 Å². The Bertz CT molecular complexity index is 777. The van der Waals surface area contributed by atoms with Gasteiger partial charge in [0.15, 0.2) is 0 Å². The van der Waals surface area contributed by atoms with Gasteiger partial charge in [0.05, 0.1) is 12.2 Å². The lowest BCUT2D eigenvalue weighted by molar-refractivity contribution is -0.128. The Balaban J connectivity index is 1.41. The maximum absolute atomic E-state index is 12.6. The zero-order chi connectivity index (χ0) is 17.6. The topological polar surface area (TPSA) is 49.6 Å². The fraction of sp³-hybridized carbons (Fsp3) is 0.579. The molecule has 2 aromatic heterocycles. The molecule has 0 N–H and O–H groups in total. The molecule has 0 bridgehead atoms. The van der Waals surface area contributed by atoms with E-state index in [4.69, 9.17) is 4.52 Å². The van der Waals surface area contributed by atoms with Crippen LogP contribution in [0, 0.1) is 26.2 Å². The van der Waals surface area contributed by atoms with Crippen LogP contribution in [0.4, 0.5) is 0 Å². The minimum atomic E-state index is 0.127. The number of carbonyl (C=O) groups is 1. The second-order valence-corrected chi connectivity index (χ2v) is 9.07. The quantitative estimate of drug-likeness (QED) is 0.841. The maximum atomic E-state index is 12.6. The third-order valence-corrected chi connectivity index (χ3v) is 6.61. The van der Waals surface area contributed by atoms with Gasteiger partial charge in [-0.25, -0.2) is 0 Å². The molecule has 0 aliphatic carbocycles. The molecule has 6 heteroatoms. The summed E-state index contributed by atoms with van der Waals surface area (Å²) in [6.07, 6.45) is 1.79. The molecule has 5 nitrogen and oxygen atoms in total. The van der Waals surface area contributed by atoms with Gasteiger partial charge in [0.25, 0.3) is 0 Å². The molecule has 0 aromatic carbocycles. The second-order valence-electron chi connectivity index (χ2n) is 7.70. The Morgan fingerprint density at radius 1 is 1.24 bits per heavy atom. The van der Waals surface area contributed by atoms with E-state index < -0.39 is 0 Å². The lowest BCUT2D eigenvalue weighted by atomic mass is 9.86. The number of carbonyl (C=O) groups excluding carboxylic acids is 1. The molecular weight excluding hydrogens is 334 g/mol. The Morgan fingerprint density at radius 3 is 2.76 bits per heavy atom. The van der Waals surface area contributed by atoms with Gasteiger partial charge in [0.2, 0.25) is 5.91 Å². The average molecular weight is 359 g/mol. The first-order valence-electron chi connectivity index (χ1n) is 8.91. The van der Waals surface area contributed by atoms with Crippen LogP contribution in [-0.4, -0.2) is 40.5 Å². The largest absolute Gasteiger partial charge is 0.361 e. The molecule has 0 saturated carbocycles. The van der Waals surface area contributed by atoms with Crippen molar-refractivity contribution in [3.05, 3.63) is 38.9 Å². The summed E-state index contributed by atoms with van der Waals surface area (Å²) in [5.74, 6) is 1.10.